The van der Waals surface area contributed by atoms with Crippen LogP contribution in [0, 0.1) is 21.8 Å². The third-order valence-electron chi connectivity index (χ3n) is 2.80. The van der Waals surface area contributed by atoms with Crippen LogP contribution in [0.15, 0.2) is 18.2 Å². The number of aliphatic carboxylic acids is 1. The van der Waals surface area contributed by atoms with Crippen molar-refractivity contribution in [3.8, 4) is 0 Å². The van der Waals surface area contributed by atoms with Crippen LogP contribution in [0.3, 0.4) is 0 Å². The van der Waals surface area contributed by atoms with E-state index < -0.39 is 28.4 Å². The quantitative estimate of drug-likeness (QED) is 0.592. The minimum absolute atomic E-state index is 0.0722. The average Bonchev–Trinajstić information content (AvgIpc) is 2.34. The van der Waals surface area contributed by atoms with Crippen molar-refractivity contribution in [3.05, 3.63) is 39.7 Å². The van der Waals surface area contributed by atoms with Gasteiger partial charge in [-0.05, 0) is 12.3 Å². The monoisotopic (exact) mass is 284 g/mol. The van der Waals surface area contributed by atoms with Gasteiger partial charge in [-0.15, -0.1) is 0 Å². The van der Waals surface area contributed by atoms with Crippen molar-refractivity contribution in [2.24, 2.45) is 5.92 Å². The maximum atomic E-state index is 13.8. The highest BCUT2D eigenvalue weighted by atomic mass is 19.1. The van der Waals surface area contributed by atoms with E-state index in [1.54, 1.807) is 0 Å². The molecule has 0 amide bonds. The van der Waals surface area contributed by atoms with Gasteiger partial charge < -0.3 is 10.4 Å². The molecule has 0 aliphatic heterocycles. The molecule has 0 aromatic heterocycles. The van der Waals surface area contributed by atoms with E-state index in [1.165, 1.54) is 12.1 Å². The van der Waals surface area contributed by atoms with Gasteiger partial charge in [-0.3, -0.25) is 14.9 Å². The molecule has 0 saturated carbocycles. The van der Waals surface area contributed by atoms with Crippen LogP contribution < -0.4 is 5.32 Å². The highest BCUT2D eigenvalue weighted by molar-refractivity contribution is 5.73. The lowest BCUT2D eigenvalue weighted by Gasteiger charge is -2.16. The van der Waals surface area contributed by atoms with E-state index in [0.29, 0.717) is 6.42 Å². The van der Waals surface area contributed by atoms with Crippen molar-refractivity contribution in [1.82, 2.24) is 5.32 Å². The van der Waals surface area contributed by atoms with Gasteiger partial charge in [0.05, 0.1) is 4.92 Å². The minimum Gasteiger partial charge on any atom is -0.480 e. The molecule has 0 aliphatic carbocycles. The summed E-state index contributed by atoms with van der Waals surface area (Å²) in [4.78, 5) is 20.9. The predicted octanol–water partition coefficient (Wildman–Crippen LogP) is 2.32. The lowest BCUT2D eigenvalue weighted by Crippen LogP contribution is -2.37. The number of carbonyl (C=O) groups is 1. The van der Waals surface area contributed by atoms with E-state index in [2.05, 4.69) is 5.32 Å². The van der Waals surface area contributed by atoms with Crippen LogP contribution in [-0.4, -0.2) is 22.0 Å². The summed E-state index contributed by atoms with van der Waals surface area (Å²) in [5.41, 5.74) is -0.533. The molecule has 0 fully saturated rings. The molecule has 0 heterocycles. The molecule has 0 bridgehead atoms. The Morgan fingerprint density at radius 2 is 2.15 bits per heavy atom. The molecule has 0 radical (unpaired) electrons. The summed E-state index contributed by atoms with van der Waals surface area (Å²) in [5.74, 6) is -1.79. The molecule has 110 valence electrons. The topological polar surface area (TPSA) is 92.5 Å². The van der Waals surface area contributed by atoms with Crippen molar-refractivity contribution >= 4 is 11.7 Å². The summed E-state index contributed by atoms with van der Waals surface area (Å²) >= 11 is 0. The van der Waals surface area contributed by atoms with Gasteiger partial charge in [0.15, 0.2) is 0 Å². The van der Waals surface area contributed by atoms with Crippen molar-refractivity contribution in [1.29, 1.82) is 0 Å². The third kappa shape index (κ3) is 4.27. The number of carboxylic acids is 1. The molecule has 6 nitrogen and oxygen atoms in total. The van der Waals surface area contributed by atoms with Gasteiger partial charge in [0.25, 0.3) is 0 Å². The zero-order valence-electron chi connectivity index (χ0n) is 11.3. The molecule has 0 spiro atoms. The molecule has 1 rings (SSSR count). The van der Waals surface area contributed by atoms with Gasteiger partial charge in [0.2, 0.25) is 5.82 Å². The van der Waals surface area contributed by atoms with Gasteiger partial charge in [-0.2, -0.15) is 4.39 Å². The van der Waals surface area contributed by atoms with Crippen LogP contribution >= 0.6 is 0 Å². The van der Waals surface area contributed by atoms with Crippen molar-refractivity contribution in [2.75, 3.05) is 0 Å². The number of nitrogens with one attached hydrogen (secondary N) is 1. The summed E-state index contributed by atoms with van der Waals surface area (Å²) < 4.78 is 13.8. The Balaban J connectivity index is 2.80. The molecule has 1 aromatic rings. The summed E-state index contributed by atoms with van der Waals surface area (Å²) in [7, 11) is 0. The van der Waals surface area contributed by atoms with Crippen LogP contribution in [0.1, 0.15) is 25.8 Å². The maximum Gasteiger partial charge on any atom is 0.320 e. The first kappa shape index (κ1) is 16.0. The Morgan fingerprint density at radius 3 is 2.65 bits per heavy atom. The van der Waals surface area contributed by atoms with E-state index in [1.807, 2.05) is 13.8 Å². The first-order valence-electron chi connectivity index (χ1n) is 6.21. The number of nitrogens with zero attached hydrogens (tertiary/aromatic N) is 1. The van der Waals surface area contributed by atoms with Gasteiger partial charge in [0.1, 0.15) is 6.04 Å². The van der Waals surface area contributed by atoms with E-state index in [9.17, 15) is 19.3 Å². The van der Waals surface area contributed by atoms with Gasteiger partial charge in [-0.25, -0.2) is 0 Å². The Kier molecular flexibility index (Phi) is 5.57. The molecule has 1 unspecified atom stereocenters. The fourth-order valence-corrected chi connectivity index (χ4v) is 1.82. The lowest BCUT2D eigenvalue weighted by molar-refractivity contribution is -0.387. The summed E-state index contributed by atoms with van der Waals surface area (Å²) in [6, 6.07) is 3.02. The Bertz CT molecular complexity index is 505. The summed E-state index contributed by atoms with van der Waals surface area (Å²) in [6.45, 7) is 3.69. The Morgan fingerprint density at radius 1 is 1.50 bits per heavy atom. The molecular formula is C13H17FN2O4. The normalized spacial score (nSPS) is 12.4. The standard InChI is InChI=1S/C13H17FN2O4/c1-8(2)6-10(13(17)18)15-7-9-4-3-5-11(12(9)14)16(19)20/h3-5,8,10,15H,6-7H2,1-2H3,(H,17,18). The Hall–Kier alpha value is -2.02. The first-order chi connectivity index (χ1) is 9.32. The molecule has 7 heteroatoms. The van der Waals surface area contributed by atoms with Crippen LogP contribution in [-0.2, 0) is 11.3 Å². The fourth-order valence-electron chi connectivity index (χ4n) is 1.82. The smallest absolute Gasteiger partial charge is 0.320 e. The first-order valence-corrected chi connectivity index (χ1v) is 6.21. The number of nitro benzene ring substituents is 1. The van der Waals surface area contributed by atoms with Gasteiger partial charge in [-0.1, -0.05) is 26.0 Å². The van der Waals surface area contributed by atoms with E-state index in [4.69, 9.17) is 5.11 Å². The molecule has 0 aliphatic rings. The predicted molar refractivity (Wildman–Crippen MR) is 70.8 cm³/mol. The second-order valence-electron chi connectivity index (χ2n) is 4.91. The number of halogens is 1. The van der Waals surface area contributed by atoms with E-state index >= 15 is 0 Å². The summed E-state index contributed by atoms with van der Waals surface area (Å²) in [6.07, 6.45) is 0.395. The van der Waals surface area contributed by atoms with Crippen LogP contribution in [0.25, 0.3) is 0 Å². The third-order valence-corrected chi connectivity index (χ3v) is 2.80. The number of benzene rings is 1. The summed E-state index contributed by atoms with van der Waals surface area (Å²) in [5, 5.41) is 22.4. The second-order valence-corrected chi connectivity index (χ2v) is 4.91. The van der Waals surface area contributed by atoms with E-state index in [0.717, 1.165) is 6.07 Å². The molecule has 1 aromatic carbocycles. The second kappa shape index (κ2) is 6.95. The van der Waals surface area contributed by atoms with Crippen LogP contribution in [0.2, 0.25) is 0 Å². The van der Waals surface area contributed by atoms with Crippen LogP contribution in [0.4, 0.5) is 10.1 Å². The number of nitro groups is 1. The molecular weight excluding hydrogens is 267 g/mol. The van der Waals surface area contributed by atoms with Crippen LogP contribution in [0.5, 0.6) is 0 Å². The number of rotatable bonds is 7. The number of carboxylic acid groups (broad SMARTS) is 1. The SMILES string of the molecule is CC(C)CC(NCc1cccc([N+](=O)[O-])c1F)C(=O)O. The molecule has 20 heavy (non-hydrogen) atoms. The van der Waals surface area contributed by atoms with Crippen molar-refractivity contribution in [3.63, 3.8) is 0 Å². The largest absolute Gasteiger partial charge is 0.480 e. The van der Waals surface area contributed by atoms with Gasteiger partial charge >= 0.3 is 11.7 Å². The highest BCUT2D eigenvalue weighted by Gasteiger charge is 2.21. The zero-order chi connectivity index (χ0) is 15.3. The van der Waals surface area contributed by atoms with Crippen molar-refractivity contribution in [2.45, 2.75) is 32.9 Å². The number of hydrogen-bond donors (Lipinski definition) is 2. The highest BCUT2D eigenvalue weighted by Crippen LogP contribution is 2.20. The molecule has 0 saturated heterocycles. The zero-order valence-corrected chi connectivity index (χ0v) is 11.3. The van der Waals surface area contributed by atoms with Crippen molar-refractivity contribution < 1.29 is 19.2 Å². The number of hydrogen-bond acceptors (Lipinski definition) is 4. The fraction of sp³-hybridized carbons (Fsp3) is 0.462. The Labute approximate surface area is 115 Å². The minimum atomic E-state index is -1.02. The molecule has 1 atom stereocenters. The molecule has 2 N–H and O–H groups in total. The average molecular weight is 284 g/mol. The lowest BCUT2D eigenvalue weighted by atomic mass is 10.0. The van der Waals surface area contributed by atoms with Gasteiger partial charge in [0, 0.05) is 18.2 Å². The van der Waals surface area contributed by atoms with E-state index in [-0.39, 0.29) is 18.0 Å². The maximum absolute atomic E-state index is 13.8.